The fourth-order valence-electron chi connectivity index (χ4n) is 10.3. The summed E-state index contributed by atoms with van der Waals surface area (Å²) in [5.74, 6) is 2.09. The van der Waals surface area contributed by atoms with Gasteiger partial charge in [-0.1, -0.05) is 146 Å². The molecule has 2 aliphatic rings. The van der Waals surface area contributed by atoms with Crippen LogP contribution >= 0.6 is 0 Å². The number of aromatic nitrogens is 4. The minimum atomic E-state index is -0.996. The highest BCUT2D eigenvalue weighted by molar-refractivity contribution is 5.84. The molecule has 64 heavy (non-hydrogen) atoms. The highest BCUT2D eigenvalue weighted by Crippen LogP contribution is 2.49. The zero-order chi connectivity index (χ0) is 43.5. The first kappa shape index (κ1) is 41.2. The van der Waals surface area contributed by atoms with E-state index >= 15 is 0 Å². The molecule has 322 valence electrons. The predicted molar refractivity (Wildman–Crippen MR) is 250 cm³/mol. The van der Waals surface area contributed by atoms with Gasteiger partial charge in [-0.3, -0.25) is 9.47 Å². The van der Waals surface area contributed by atoms with Crippen molar-refractivity contribution in [2.75, 3.05) is 32.6 Å². The van der Waals surface area contributed by atoms with Crippen molar-refractivity contribution in [2.24, 2.45) is 0 Å². The van der Waals surface area contributed by atoms with Crippen LogP contribution in [-0.2, 0) is 15.7 Å². The molecule has 2 N–H and O–H groups in total. The van der Waals surface area contributed by atoms with E-state index < -0.39 is 29.4 Å². The smallest absolute Gasteiger partial charge is 0.167 e. The lowest BCUT2D eigenvalue weighted by Crippen LogP contribution is -2.48. The van der Waals surface area contributed by atoms with Crippen LogP contribution in [0.15, 0.2) is 183 Å². The van der Waals surface area contributed by atoms with E-state index in [1.165, 1.54) is 0 Å². The lowest BCUT2D eigenvalue weighted by atomic mass is 9.64. The van der Waals surface area contributed by atoms with Crippen molar-refractivity contribution < 1.29 is 19.3 Å². The van der Waals surface area contributed by atoms with E-state index in [9.17, 15) is 5.11 Å². The number of anilines is 1. The average molecular weight is 849 g/mol. The van der Waals surface area contributed by atoms with E-state index in [0.29, 0.717) is 23.4 Å². The Labute approximate surface area is 374 Å². The lowest BCUT2D eigenvalue weighted by molar-refractivity contribution is -0.0804. The zero-order valence-electron chi connectivity index (χ0n) is 36.1. The summed E-state index contributed by atoms with van der Waals surface area (Å²) in [4.78, 5) is 17.4. The molecule has 0 radical (unpaired) electrons. The van der Waals surface area contributed by atoms with Crippen LogP contribution in [0.1, 0.15) is 58.9 Å². The number of imidazole rings is 1. The maximum absolute atomic E-state index is 13.3. The number of fused-ring (bicyclic) bond motifs is 1. The third-order valence-electron chi connectivity index (χ3n) is 13.4. The maximum Gasteiger partial charge on any atom is 0.167 e. The summed E-state index contributed by atoms with van der Waals surface area (Å²) in [5.41, 5.74) is 5.32. The van der Waals surface area contributed by atoms with Gasteiger partial charge in [0.1, 0.15) is 23.4 Å². The standard InChI is InChI=1S/C54H52N6O4/c1-62-44-29-25-40(26-30-44)53(38-17-7-3-8-18-38,39-19-9-4-10-20-39)49(61)47-35-46(59-33-15-16-34-59)52(64-47)60-37-57-48-50(55-36-56-51(48)60)58-54(41-21-11-5-12-22-41,42-23-13-6-14-24-42)43-27-31-45(63-2)32-28-43/h3-14,17-32,36-37,46-47,49,52,61H,15-16,33-35H2,1-2H3,(H,55,56,58)/t46-,47+,49?,52-/m1/s1. The van der Waals surface area contributed by atoms with E-state index in [-0.39, 0.29) is 6.04 Å². The molecule has 10 rings (SSSR count). The molecule has 0 spiro atoms. The summed E-state index contributed by atoms with van der Waals surface area (Å²) in [6.07, 6.45) is 4.17. The molecular formula is C54H52N6O4. The van der Waals surface area contributed by atoms with Crippen molar-refractivity contribution in [3.8, 4) is 11.5 Å². The number of benzene rings is 6. The molecular weight excluding hydrogens is 797 g/mol. The Morgan fingerprint density at radius 1 is 0.609 bits per heavy atom. The summed E-state index contributed by atoms with van der Waals surface area (Å²) in [6, 6.07) is 57.6. The van der Waals surface area contributed by atoms with Gasteiger partial charge in [-0.2, -0.15) is 0 Å². The molecule has 2 aromatic heterocycles. The lowest BCUT2D eigenvalue weighted by Gasteiger charge is -2.42. The number of aliphatic hydroxyl groups is 1. The summed E-state index contributed by atoms with van der Waals surface area (Å²) >= 11 is 0. The fourth-order valence-corrected chi connectivity index (χ4v) is 10.3. The molecule has 10 heteroatoms. The van der Waals surface area contributed by atoms with Gasteiger partial charge in [0.25, 0.3) is 0 Å². The molecule has 0 aliphatic carbocycles. The van der Waals surface area contributed by atoms with Gasteiger partial charge in [0.2, 0.25) is 0 Å². The first-order valence-corrected chi connectivity index (χ1v) is 22.1. The summed E-state index contributed by atoms with van der Waals surface area (Å²) in [6.45, 7) is 1.89. The molecule has 2 fully saturated rings. The Morgan fingerprint density at radius 3 is 1.59 bits per heavy atom. The first-order chi connectivity index (χ1) is 31.5. The highest BCUT2D eigenvalue weighted by atomic mass is 16.5. The zero-order valence-corrected chi connectivity index (χ0v) is 36.1. The quantitative estimate of drug-likeness (QED) is 0.104. The number of aliphatic hydroxyl groups excluding tert-OH is 1. The van der Waals surface area contributed by atoms with Crippen molar-refractivity contribution in [3.05, 3.63) is 216 Å². The highest BCUT2D eigenvalue weighted by Gasteiger charge is 2.52. The molecule has 0 bridgehead atoms. The summed E-state index contributed by atoms with van der Waals surface area (Å²) in [7, 11) is 3.35. The molecule has 10 nitrogen and oxygen atoms in total. The molecule has 4 heterocycles. The Kier molecular flexibility index (Phi) is 11.4. The van der Waals surface area contributed by atoms with Crippen molar-refractivity contribution in [1.29, 1.82) is 0 Å². The summed E-state index contributed by atoms with van der Waals surface area (Å²) in [5, 5.41) is 17.3. The fraction of sp³-hybridized carbons (Fsp3) is 0.241. The minimum absolute atomic E-state index is 0.0573. The largest absolute Gasteiger partial charge is 0.497 e. The van der Waals surface area contributed by atoms with Gasteiger partial charge in [-0.25, -0.2) is 15.0 Å². The van der Waals surface area contributed by atoms with Gasteiger partial charge in [-0.05, 0) is 90.0 Å². The molecule has 6 aromatic carbocycles. The van der Waals surface area contributed by atoms with Gasteiger partial charge >= 0.3 is 0 Å². The normalized spacial score (nSPS) is 18.5. The topological polar surface area (TPSA) is 107 Å². The number of nitrogens with one attached hydrogen (secondary N) is 1. The van der Waals surface area contributed by atoms with Crippen LogP contribution in [0.2, 0.25) is 0 Å². The predicted octanol–water partition coefficient (Wildman–Crippen LogP) is 9.39. The number of likely N-dealkylation sites (tertiary alicyclic amines) is 1. The van der Waals surface area contributed by atoms with Crippen LogP contribution in [0.5, 0.6) is 11.5 Å². The Bertz CT molecular complexity index is 2690. The van der Waals surface area contributed by atoms with Crippen LogP contribution < -0.4 is 14.8 Å². The molecule has 4 atom stereocenters. The van der Waals surface area contributed by atoms with Crippen LogP contribution in [0.3, 0.4) is 0 Å². The van der Waals surface area contributed by atoms with Crippen molar-refractivity contribution in [2.45, 2.75) is 54.7 Å². The monoisotopic (exact) mass is 848 g/mol. The maximum atomic E-state index is 13.3. The van der Waals surface area contributed by atoms with Gasteiger partial charge in [0, 0.05) is 0 Å². The van der Waals surface area contributed by atoms with Gasteiger partial charge in [0.15, 0.2) is 23.2 Å². The number of nitrogens with zero attached hydrogens (tertiary/aromatic N) is 5. The van der Waals surface area contributed by atoms with Crippen LogP contribution in [0, 0.1) is 0 Å². The molecule has 2 saturated heterocycles. The SMILES string of the molecule is COc1ccc(C(Nc2ncnc3c2ncn3[C@@H]2O[C@H](C(O)C(c3ccccc3)(c3ccccc3)c3ccc(OC)cc3)C[C@H]2N2CCCC2)(c2ccccc2)c2ccccc2)cc1. The van der Waals surface area contributed by atoms with Crippen LogP contribution in [-0.4, -0.2) is 75.1 Å². The number of hydrogen-bond acceptors (Lipinski definition) is 9. The Morgan fingerprint density at radius 2 is 1.08 bits per heavy atom. The van der Waals surface area contributed by atoms with E-state index in [1.54, 1.807) is 20.5 Å². The minimum Gasteiger partial charge on any atom is -0.497 e. The second-order valence-electron chi connectivity index (χ2n) is 16.7. The molecule has 8 aromatic rings. The number of hydrogen-bond donors (Lipinski definition) is 2. The van der Waals surface area contributed by atoms with Crippen molar-refractivity contribution in [1.82, 2.24) is 24.4 Å². The van der Waals surface area contributed by atoms with Gasteiger partial charge in [-0.15, -0.1) is 0 Å². The number of ether oxygens (including phenoxy) is 3. The second-order valence-corrected chi connectivity index (χ2v) is 16.7. The van der Waals surface area contributed by atoms with Gasteiger partial charge < -0.3 is 24.6 Å². The van der Waals surface area contributed by atoms with Crippen LogP contribution in [0.4, 0.5) is 5.82 Å². The number of methoxy groups -OCH3 is 2. The van der Waals surface area contributed by atoms with Crippen LogP contribution in [0.25, 0.3) is 11.2 Å². The first-order valence-electron chi connectivity index (χ1n) is 22.1. The molecule has 2 aliphatic heterocycles. The van der Waals surface area contributed by atoms with Gasteiger partial charge in [0.05, 0.1) is 44.2 Å². The van der Waals surface area contributed by atoms with E-state index in [0.717, 1.165) is 70.8 Å². The Balaban J connectivity index is 1.09. The van der Waals surface area contributed by atoms with E-state index in [4.69, 9.17) is 29.2 Å². The molecule has 0 saturated carbocycles. The molecule has 0 amide bonds. The molecule has 1 unspecified atom stereocenters. The third-order valence-corrected chi connectivity index (χ3v) is 13.4. The third kappa shape index (κ3) is 7.17. The summed E-state index contributed by atoms with van der Waals surface area (Å²) < 4.78 is 20.6. The van der Waals surface area contributed by atoms with E-state index in [1.807, 2.05) is 79.1 Å². The van der Waals surface area contributed by atoms with Crippen molar-refractivity contribution in [3.63, 3.8) is 0 Å². The average Bonchev–Trinajstić information content (AvgIpc) is 4.16. The second kappa shape index (κ2) is 17.7. The van der Waals surface area contributed by atoms with E-state index in [2.05, 4.69) is 112 Å². The Hall–Kier alpha value is -6.85. The number of rotatable bonds is 14. The van der Waals surface area contributed by atoms with Crippen molar-refractivity contribution >= 4 is 17.0 Å².